The van der Waals surface area contributed by atoms with Gasteiger partial charge in [-0.15, -0.1) is 22.7 Å². The van der Waals surface area contributed by atoms with Gasteiger partial charge in [0, 0.05) is 11.4 Å². The quantitative estimate of drug-likeness (QED) is 0.453. The van der Waals surface area contributed by atoms with Gasteiger partial charge in [0.2, 0.25) is 5.91 Å². The summed E-state index contributed by atoms with van der Waals surface area (Å²) in [5.41, 5.74) is -1.72. The summed E-state index contributed by atoms with van der Waals surface area (Å²) in [6.45, 7) is 0.324. The number of halogens is 3. The minimum absolute atomic E-state index is 0.0561. The molecule has 3 rings (SSSR count). The SMILES string of the molecule is N#Cc1c(C(F)(F)F)cc(-c2cccs2)nc1SCC(=O)NC(=O)NCCc1cccs1. The van der Waals surface area contributed by atoms with Crippen LogP contribution in [0.1, 0.15) is 16.0 Å². The van der Waals surface area contributed by atoms with Gasteiger partial charge >= 0.3 is 12.2 Å². The number of carbonyl (C=O) groups excluding carboxylic acids is 2. The van der Waals surface area contributed by atoms with Crippen molar-refractivity contribution in [1.29, 1.82) is 5.26 Å². The maximum Gasteiger partial charge on any atom is 0.417 e. The van der Waals surface area contributed by atoms with Gasteiger partial charge in [0.25, 0.3) is 0 Å². The third-order valence-corrected chi connectivity index (χ3v) is 6.81. The molecule has 2 N–H and O–H groups in total. The number of rotatable bonds is 7. The number of amides is 3. The molecule has 0 unspecified atom stereocenters. The molecule has 0 saturated carbocycles. The van der Waals surface area contributed by atoms with Crippen molar-refractivity contribution in [2.75, 3.05) is 12.3 Å². The second kappa shape index (κ2) is 10.6. The van der Waals surface area contributed by atoms with Crippen molar-refractivity contribution in [2.24, 2.45) is 0 Å². The average Bonchev–Trinajstić information content (AvgIpc) is 3.45. The van der Waals surface area contributed by atoms with Crippen molar-refractivity contribution in [3.05, 3.63) is 57.1 Å². The molecule has 0 aliphatic heterocycles. The fourth-order valence-corrected chi connectivity index (χ4v) is 4.80. The zero-order valence-electron chi connectivity index (χ0n) is 16.2. The summed E-state index contributed by atoms with van der Waals surface area (Å²) in [7, 11) is 0. The van der Waals surface area contributed by atoms with E-state index in [1.54, 1.807) is 28.8 Å². The third-order valence-electron chi connectivity index (χ3n) is 4.01. The highest BCUT2D eigenvalue weighted by atomic mass is 32.2. The summed E-state index contributed by atoms with van der Waals surface area (Å²) in [6.07, 6.45) is -4.15. The van der Waals surface area contributed by atoms with Gasteiger partial charge < -0.3 is 5.32 Å². The zero-order chi connectivity index (χ0) is 23.1. The van der Waals surface area contributed by atoms with Crippen LogP contribution in [0, 0.1) is 11.3 Å². The first-order valence-electron chi connectivity index (χ1n) is 9.07. The smallest absolute Gasteiger partial charge is 0.337 e. The van der Waals surface area contributed by atoms with Gasteiger partial charge in [0.15, 0.2) is 0 Å². The molecule has 0 aliphatic carbocycles. The second-order valence-corrected chi connectivity index (χ2v) is 9.19. The molecule has 0 fully saturated rings. The van der Waals surface area contributed by atoms with Crippen molar-refractivity contribution in [3.63, 3.8) is 0 Å². The van der Waals surface area contributed by atoms with Crippen molar-refractivity contribution in [2.45, 2.75) is 17.6 Å². The summed E-state index contributed by atoms with van der Waals surface area (Å²) in [5.74, 6) is -1.10. The largest absolute Gasteiger partial charge is 0.417 e. The van der Waals surface area contributed by atoms with Crippen molar-refractivity contribution >= 4 is 46.4 Å². The van der Waals surface area contributed by atoms with Crippen molar-refractivity contribution in [3.8, 4) is 16.6 Å². The number of urea groups is 1. The first kappa shape index (κ1) is 23.8. The van der Waals surface area contributed by atoms with Crippen molar-refractivity contribution < 1.29 is 22.8 Å². The van der Waals surface area contributed by atoms with E-state index in [0.29, 0.717) is 29.6 Å². The van der Waals surface area contributed by atoms with E-state index in [-0.39, 0.29) is 16.5 Å². The van der Waals surface area contributed by atoms with Crippen LogP contribution in [0.3, 0.4) is 0 Å². The topological polar surface area (TPSA) is 94.9 Å². The van der Waals surface area contributed by atoms with Gasteiger partial charge in [0.05, 0.1) is 27.5 Å². The maximum absolute atomic E-state index is 13.5. The lowest BCUT2D eigenvalue weighted by atomic mass is 10.1. The highest BCUT2D eigenvalue weighted by Crippen LogP contribution is 2.38. The van der Waals surface area contributed by atoms with Crippen LogP contribution in [0.5, 0.6) is 0 Å². The van der Waals surface area contributed by atoms with E-state index in [0.717, 1.165) is 10.9 Å². The van der Waals surface area contributed by atoms with E-state index in [4.69, 9.17) is 0 Å². The lowest BCUT2D eigenvalue weighted by Gasteiger charge is -2.13. The van der Waals surface area contributed by atoms with Gasteiger partial charge in [-0.25, -0.2) is 9.78 Å². The first-order valence-corrected chi connectivity index (χ1v) is 11.8. The predicted octanol–water partition coefficient (Wildman–Crippen LogP) is 4.92. The molecule has 3 amide bonds. The normalized spacial score (nSPS) is 11.1. The molecule has 166 valence electrons. The molecule has 12 heteroatoms. The lowest BCUT2D eigenvalue weighted by molar-refractivity contribution is -0.138. The number of nitrogens with zero attached hydrogens (tertiary/aromatic N) is 2. The van der Waals surface area contributed by atoms with E-state index < -0.39 is 29.2 Å². The number of alkyl halides is 3. The number of nitrogens with one attached hydrogen (secondary N) is 2. The Labute approximate surface area is 193 Å². The Morgan fingerprint density at radius 3 is 2.56 bits per heavy atom. The van der Waals surface area contributed by atoms with Gasteiger partial charge in [-0.2, -0.15) is 18.4 Å². The number of hydrogen-bond acceptors (Lipinski definition) is 7. The zero-order valence-corrected chi connectivity index (χ0v) is 18.7. The Balaban J connectivity index is 1.66. The average molecular weight is 497 g/mol. The molecule has 0 spiro atoms. The van der Waals surface area contributed by atoms with Crippen LogP contribution in [0.2, 0.25) is 0 Å². The fraction of sp³-hybridized carbons (Fsp3) is 0.200. The van der Waals surface area contributed by atoms with E-state index in [1.165, 1.54) is 17.4 Å². The first-order chi connectivity index (χ1) is 15.3. The van der Waals surface area contributed by atoms with E-state index in [1.807, 2.05) is 17.5 Å². The van der Waals surface area contributed by atoms with Crippen molar-refractivity contribution in [1.82, 2.24) is 15.6 Å². The molecule has 0 aromatic carbocycles. The molecule has 3 aromatic heterocycles. The molecular weight excluding hydrogens is 481 g/mol. The summed E-state index contributed by atoms with van der Waals surface area (Å²) in [4.78, 5) is 29.7. The van der Waals surface area contributed by atoms with Crippen LogP contribution in [0.4, 0.5) is 18.0 Å². The Bertz CT molecular complexity index is 1120. The summed E-state index contributed by atoms with van der Waals surface area (Å²) in [5, 5.41) is 17.3. The van der Waals surface area contributed by atoms with E-state index in [9.17, 15) is 28.0 Å². The third kappa shape index (κ3) is 6.32. The molecule has 6 nitrogen and oxygen atoms in total. The predicted molar refractivity (Wildman–Crippen MR) is 118 cm³/mol. The Kier molecular flexibility index (Phi) is 7.89. The van der Waals surface area contributed by atoms with Gasteiger partial charge in [-0.05, 0) is 35.4 Å². The molecule has 0 atom stereocenters. The standard InChI is InChI=1S/C20H15F3N4O2S3/c21-20(22,23)14-9-15(16-4-2-8-31-16)26-18(13(14)10-24)32-11-17(28)27-19(29)25-6-5-12-3-1-7-30-12/h1-4,7-9H,5-6,11H2,(H2,25,27,28,29). The second-order valence-electron chi connectivity index (χ2n) is 6.24. The molecule has 0 bridgehead atoms. The maximum atomic E-state index is 13.5. The van der Waals surface area contributed by atoms with Crippen LogP contribution in [0.15, 0.2) is 46.1 Å². The molecule has 3 heterocycles. The minimum atomic E-state index is -4.76. The van der Waals surface area contributed by atoms with Crippen LogP contribution in [0.25, 0.3) is 10.6 Å². The summed E-state index contributed by atoms with van der Waals surface area (Å²) < 4.78 is 40.5. The molecule has 3 aromatic rings. The monoisotopic (exact) mass is 496 g/mol. The van der Waals surface area contributed by atoms with Crippen LogP contribution in [-0.2, 0) is 17.4 Å². The lowest BCUT2D eigenvalue weighted by Crippen LogP contribution is -2.41. The van der Waals surface area contributed by atoms with E-state index >= 15 is 0 Å². The number of nitriles is 1. The number of imide groups is 1. The van der Waals surface area contributed by atoms with Gasteiger partial charge in [-0.3, -0.25) is 10.1 Å². The highest BCUT2D eigenvalue weighted by molar-refractivity contribution is 8.00. The highest BCUT2D eigenvalue weighted by Gasteiger charge is 2.36. The number of thiophene rings is 2. The Morgan fingerprint density at radius 1 is 1.19 bits per heavy atom. The van der Waals surface area contributed by atoms with Crippen LogP contribution >= 0.6 is 34.4 Å². The molecule has 0 aliphatic rings. The number of aromatic nitrogens is 1. The number of thioether (sulfide) groups is 1. The van der Waals surface area contributed by atoms with Crippen LogP contribution < -0.4 is 10.6 Å². The van der Waals surface area contributed by atoms with Crippen LogP contribution in [-0.4, -0.2) is 29.2 Å². The fourth-order valence-electron chi connectivity index (χ4n) is 2.60. The number of hydrogen-bond donors (Lipinski definition) is 2. The van der Waals surface area contributed by atoms with Gasteiger partial charge in [0.1, 0.15) is 11.1 Å². The molecule has 0 saturated heterocycles. The summed E-state index contributed by atoms with van der Waals surface area (Å²) in [6, 6.07) is 8.76. The van der Waals surface area contributed by atoms with Gasteiger partial charge in [-0.1, -0.05) is 23.9 Å². The Hall–Kier alpha value is -2.88. The number of pyridine rings is 1. The van der Waals surface area contributed by atoms with E-state index in [2.05, 4.69) is 15.6 Å². The minimum Gasteiger partial charge on any atom is -0.337 e. The Morgan fingerprint density at radius 2 is 1.94 bits per heavy atom. The number of carbonyl (C=O) groups is 2. The molecule has 0 radical (unpaired) electrons. The summed E-state index contributed by atoms with van der Waals surface area (Å²) >= 11 is 3.42. The molecule has 32 heavy (non-hydrogen) atoms. The molecular formula is C20H15F3N4O2S3.